The number of carbonyl (C=O) groups is 3. The second-order valence-electron chi connectivity index (χ2n) is 10.9. The summed E-state index contributed by atoms with van der Waals surface area (Å²) in [6, 6.07) is 11.3. The summed E-state index contributed by atoms with van der Waals surface area (Å²) in [6.07, 6.45) is 4.10. The van der Waals surface area contributed by atoms with Crippen LogP contribution in [0, 0.1) is 19.7 Å². The van der Waals surface area contributed by atoms with Gasteiger partial charge < -0.3 is 20.3 Å². The van der Waals surface area contributed by atoms with E-state index in [-0.39, 0.29) is 52.9 Å². The first-order valence-corrected chi connectivity index (χ1v) is 13.9. The smallest absolute Gasteiger partial charge is 0.259 e. The molecule has 0 radical (unpaired) electrons. The van der Waals surface area contributed by atoms with E-state index in [2.05, 4.69) is 10.6 Å². The van der Waals surface area contributed by atoms with Crippen LogP contribution in [0.1, 0.15) is 47.2 Å². The lowest BCUT2D eigenvalue weighted by Gasteiger charge is -2.28. The van der Waals surface area contributed by atoms with Gasteiger partial charge in [0.15, 0.2) is 6.61 Å². The van der Waals surface area contributed by atoms with E-state index in [1.54, 1.807) is 56.1 Å². The molecule has 0 unspecified atom stereocenters. The predicted octanol–water partition coefficient (Wildman–Crippen LogP) is 4.07. The van der Waals surface area contributed by atoms with Gasteiger partial charge in [-0.1, -0.05) is 12.1 Å². The molecular weight excluding hydrogens is 541 g/mol. The quantitative estimate of drug-likeness (QED) is 0.334. The van der Waals surface area contributed by atoms with E-state index in [9.17, 15) is 23.6 Å². The van der Waals surface area contributed by atoms with Crippen molar-refractivity contribution in [2.24, 2.45) is 7.05 Å². The summed E-state index contributed by atoms with van der Waals surface area (Å²) in [5, 5.41) is 5.82. The van der Waals surface area contributed by atoms with Crippen molar-refractivity contribution in [2.75, 3.05) is 23.9 Å². The van der Waals surface area contributed by atoms with Crippen molar-refractivity contribution in [3.8, 4) is 5.75 Å². The Morgan fingerprint density at radius 1 is 1.12 bits per heavy atom. The number of anilines is 4. The largest absolute Gasteiger partial charge is 0.484 e. The number of pyridine rings is 1. The van der Waals surface area contributed by atoms with Crippen molar-refractivity contribution in [1.82, 2.24) is 14.8 Å². The molecule has 11 heteroatoms. The number of nitrogens with one attached hydrogen (secondary N) is 2. The zero-order valence-electron chi connectivity index (χ0n) is 24.1. The number of aryl methyl sites for hydroxylation is 1. The number of nitrogens with zero attached hydrogens (tertiary/aromatic N) is 3. The van der Waals surface area contributed by atoms with Gasteiger partial charge in [0.2, 0.25) is 6.41 Å². The first kappa shape index (κ1) is 28.8. The SMILES string of the molecule is Cc1ccc(Nc2c(C(=O)N(C)C3CC3)c(N(C=O)c3cccc(OCC(=O)NC4CC4)c3)c(C)c(=O)n2C)c(F)c1. The minimum absolute atomic E-state index is 0.0232. The van der Waals surface area contributed by atoms with Crippen LogP contribution in [0.25, 0.3) is 0 Å². The monoisotopic (exact) mass is 575 g/mol. The molecule has 0 spiro atoms. The van der Waals surface area contributed by atoms with Gasteiger partial charge in [0.05, 0.1) is 17.1 Å². The molecule has 3 aromatic rings. The molecule has 2 saturated carbocycles. The second-order valence-corrected chi connectivity index (χ2v) is 10.9. The van der Waals surface area contributed by atoms with Crippen LogP contribution in [0.4, 0.5) is 27.3 Å². The van der Waals surface area contributed by atoms with E-state index < -0.39 is 17.3 Å². The number of halogens is 1. The molecule has 0 aliphatic heterocycles. The van der Waals surface area contributed by atoms with Gasteiger partial charge in [-0.05, 0) is 69.4 Å². The van der Waals surface area contributed by atoms with Gasteiger partial charge in [0.25, 0.3) is 17.4 Å². The van der Waals surface area contributed by atoms with Crippen molar-refractivity contribution in [3.63, 3.8) is 0 Å². The lowest BCUT2D eigenvalue weighted by atomic mass is 10.1. The molecule has 2 fully saturated rings. The van der Waals surface area contributed by atoms with Crippen LogP contribution in [0.15, 0.2) is 47.3 Å². The van der Waals surface area contributed by atoms with E-state index in [4.69, 9.17) is 4.74 Å². The van der Waals surface area contributed by atoms with E-state index in [1.165, 1.54) is 28.6 Å². The number of aromatic nitrogens is 1. The molecule has 2 aromatic carbocycles. The highest BCUT2D eigenvalue weighted by Gasteiger charge is 2.36. The van der Waals surface area contributed by atoms with Gasteiger partial charge in [0, 0.05) is 37.8 Å². The average Bonchev–Trinajstić information content (AvgIpc) is 3.90. The second kappa shape index (κ2) is 11.7. The molecule has 2 N–H and O–H groups in total. The number of rotatable bonds is 11. The average molecular weight is 576 g/mol. The van der Waals surface area contributed by atoms with Crippen molar-refractivity contribution in [3.05, 3.63) is 75.3 Å². The third-order valence-electron chi connectivity index (χ3n) is 7.55. The molecule has 0 atom stereocenters. The maximum absolute atomic E-state index is 15.0. The molecule has 42 heavy (non-hydrogen) atoms. The van der Waals surface area contributed by atoms with Crippen LogP contribution in [0.3, 0.4) is 0 Å². The Hall–Kier alpha value is -4.67. The Labute approximate surface area is 243 Å². The standard InChI is InChI=1S/C31H34FN5O5/c1-18-8-13-25(24(32)14-18)34-29-27(31(41)35(3)21-11-12-21)28(19(2)30(40)36(29)4)37(17-38)22-6-5-7-23(15-22)42-16-26(39)33-20-9-10-20/h5-8,13-15,17,20-21,34H,9-12,16H2,1-4H3,(H,33,39). The third-order valence-corrected chi connectivity index (χ3v) is 7.55. The molecule has 5 rings (SSSR count). The van der Waals surface area contributed by atoms with Gasteiger partial charge in [-0.2, -0.15) is 0 Å². The number of hydrogen-bond acceptors (Lipinski definition) is 6. The van der Waals surface area contributed by atoms with Gasteiger partial charge in [-0.3, -0.25) is 28.6 Å². The van der Waals surface area contributed by atoms with Gasteiger partial charge in [-0.25, -0.2) is 4.39 Å². The highest BCUT2D eigenvalue weighted by atomic mass is 19.1. The highest BCUT2D eigenvalue weighted by molar-refractivity contribution is 6.09. The number of ether oxygens (including phenoxy) is 1. The Balaban J connectivity index is 1.60. The predicted molar refractivity (Wildman–Crippen MR) is 157 cm³/mol. The van der Waals surface area contributed by atoms with E-state index >= 15 is 0 Å². The normalized spacial score (nSPS) is 14.2. The Morgan fingerprint density at radius 3 is 2.50 bits per heavy atom. The summed E-state index contributed by atoms with van der Waals surface area (Å²) in [6.45, 7) is 3.10. The van der Waals surface area contributed by atoms with Gasteiger partial charge >= 0.3 is 0 Å². The molecular formula is C31H34FN5O5. The van der Waals surface area contributed by atoms with E-state index in [1.807, 2.05) is 0 Å². The summed E-state index contributed by atoms with van der Waals surface area (Å²) in [7, 11) is 3.17. The summed E-state index contributed by atoms with van der Waals surface area (Å²) in [5.41, 5.74) is 0.906. The molecule has 1 heterocycles. The van der Waals surface area contributed by atoms with Gasteiger partial charge in [-0.15, -0.1) is 0 Å². The molecule has 220 valence electrons. The number of amides is 3. The minimum atomic E-state index is -0.554. The molecule has 3 amide bonds. The fourth-order valence-corrected chi connectivity index (χ4v) is 4.84. The fraction of sp³-hybridized carbons (Fsp3) is 0.355. The van der Waals surface area contributed by atoms with Crippen LogP contribution < -0.4 is 25.8 Å². The first-order valence-electron chi connectivity index (χ1n) is 13.9. The van der Waals surface area contributed by atoms with Crippen LogP contribution in [-0.4, -0.2) is 53.4 Å². The summed E-state index contributed by atoms with van der Waals surface area (Å²) in [5.74, 6) is -0.835. The lowest BCUT2D eigenvalue weighted by molar-refractivity contribution is -0.123. The van der Waals surface area contributed by atoms with Crippen molar-refractivity contribution < 1.29 is 23.5 Å². The topological polar surface area (TPSA) is 113 Å². The van der Waals surface area contributed by atoms with Crippen LogP contribution >= 0.6 is 0 Å². The Bertz CT molecular complexity index is 1610. The molecule has 0 saturated heterocycles. The zero-order chi connectivity index (χ0) is 30.1. The Kier molecular flexibility index (Phi) is 8.02. The molecule has 10 nitrogen and oxygen atoms in total. The summed E-state index contributed by atoms with van der Waals surface area (Å²) < 4.78 is 21.9. The number of benzene rings is 2. The maximum Gasteiger partial charge on any atom is 0.259 e. The van der Waals surface area contributed by atoms with Crippen LogP contribution in [0.2, 0.25) is 0 Å². The maximum atomic E-state index is 15.0. The van der Waals surface area contributed by atoms with Crippen molar-refractivity contribution in [2.45, 2.75) is 51.6 Å². The summed E-state index contributed by atoms with van der Waals surface area (Å²) in [4.78, 5) is 55.2. The Morgan fingerprint density at radius 2 is 1.86 bits per heavy atom. The minimum Gasteiger partial charge on any atom is -0.484 e. The molecule has 1 aromatic heterocycles. The van der Waals surface area contributed by atoms with E-state index in [0.717, 1.165) is 25.7 Å². The highest BCUT2D eigenvalue weighted by Crippen LogP contribution is 2.38. The van der Waals surface area contributed by atoms with Crippen LogP contribution in [-0.2, 0) is 16.6 Å². The van der Waals surface area contributed by atoms with Crippen molar-refractivity contribution in [1.29, 1.82) is 0 Å². The first-order chi connectivity index (χ1) is 20.1. The molecule has 2 aliphatic carbocycles. The van der Waals surface area contributed by atoms with E-state index in [0.29, 0.717) is 23.4 Å². The lowest BCUT2D eigenvalue weighted by Crippen LogP contribution is -2.35. The summed E-state index contributed by atoms with van der Waals surface area (Å²) >= 11 is 0. The fourth-order valence-electron chi connectivity index (χ4n) is 4.84. The number of hydrogen-bond donors (Lipinski definition) is 2. The van der Waals surface area contributed by atoms with Crippen molar-refractivity contribution >= 4 is 41.1 Å². The number of carbonyl (C=O) groups excluding carboxylic acids is 3. The third kappa shape index (κ3) is 6.00. The van der Waals surface area contributed by atoms with Gasteiger partial charge in [0.1, 0.15) is 22.9 Å². The zero-order valence-corrected chi connectivity index (χ0v) is 24.1. The molecule has 2 aliphatic rings. The van der Waals surface area contributed by atoms with Crippen LogP contribution in [0.5, 0.6) is 5.75 Å². The molecule has 0 bridgehead atoms.